The molecule has 3 heteroatoms. The van der Waals surface area contributed by atoms with Crippen molar-refractivity contribution in [2.24, 2.45) is 4.99 Å². The zero-order valence-corrected chi connectivity index (χ0v) is 15.3. The Morgan fingerprint density at radius 1 is 1.00 bits per heavy atom. The fraction of sp³-hybridized carbons (Fsp3) is 0.316. The largest absolute Gasteiger partial charge is 0.371 e. The van der Waals surface area contributed by atoms with Crippen LogP contribution in [0.4, 0.5) is 11.4 Å². The van der Waals surface area contributed by atoms with Crippen molar-refractivity contribution >= 4 is 40.2 Å². The van der Waals surface area contributed by atoms with Gasteiger partial charge in [-0.15, -0.1) is 0 Å². The minimum atomic E-state index is 1.04. The molecule has 114 valence electrons. The van der Waals surface area contributed by atoms with E-state index in [1.165, 1.54) is 51.9 Å². The van der Waals surface area contributed by atoms with Gasteiger partial charge < -0.3 is 4.90 Å². The Labute approximate surface area is 146 Å². The quantitative estimate of drug-likeness (QED) is 0.504. The van der Waals surface area contributed by atoms with Crippen LogP contribution in [0.15, 0.2) is 41.4 Å². The summed E-state index contributed by atoms with van der Waals surface area (Å²) in [7, 11) is 0. The molecule has 0 radical (unpaired) electrons. The normalized spacial score (nSPS) is 15.0. The number of halogens is 1. The van der Waals surface area contributed by atoms with Crippen LogP contribution in [0.25, 0.3) is 0 Å². The van der Waals surface area contributed by atoms with Crippen LogP contribution in [0, 0.1) is 17.4 Å². The second-order valence-corrected chi connectivity index (χ2v) is 7.17. The van der Waals surface area contributed by atoms with Crippen molar-refractivity contribution in [2.75, 3.05) is 18.0 Å². The molecule has 1 heterocycles. The Kier molecular flexibility index (Phi) is 4.81. The van der Waals surface area contributed by atoms with Gasteiger partial charge in [0, 0.05) is 28.6 Å². The summed E-state index contributed by atoms with van der Waals surface area (Å²) in [6.07, 6.45) is 4.60. The van der Waals surface area contributed by atoms with E-state index in [4.69, 9.17) is 0 Å². The number of nitrogens with zero attached hydrogens (tertiary/aromatic N) is 2. The van der Waals surface area contributed by atoms with E-state index in [0.717, 1.165) is 5.69 Å². The molecule has 0 aliphatic carbocycles. The second kappa shape index (κ2) is 6.82. The van der Waals surface area contributed by atoms with Crippen LogP contribution < -0.4 is 4.90 Å². The van der Waals surface area contributed by atoms with E-state index in [1.54, 1.807) is 0 Å². The monoisotopic (exact) mass is 404 g/mol. The summed E-state index contributed by atoms with van der Waals surface area (Å²) >= 11 is 2.33. The van der Waals surface area contributed by atoms with Gasteiger partial charge in [0.25, 0.3) is 0 Å². The number of anilines is 1. The molecule has 1 saturated heterocycles. The van der Waals surface area contributed by atoms with E-state index in [0.29, 0.717) is 0 Å². The van der Waals surface area contributed by atoms with Gasteiger partial charge in [0.15, 0.2) is 0 Å². The SMILES string of the molecule is Cc1cc(I)ccc1N=Cc1ccc(N2CCCC2)c(C)c1. The fourth-order valence-corrected chi connectivity index (χ4v) is 3.63. The summed E-state index contributed by atoms with van der Waals surface area (Å²) < 4.78 is 1.25. The van der Waals surface area contributed by atoms with Gasteiger partial charge in [-0.25, -0.2) is 0 Å². The Morgan fingerprint density at radius 3 is 2.45 bits per heavy atom. The molecule has 0 saturated carbocycles. The summed E-state index contributed by atoms with van der Waals surface area (Å²) in [6, 6.07) is 13.0. The van der Waals surface area contributed by atoms with Gasteiger partial charge in [0.2, 0.25) is 0 Å². The lowest BCUT2D eigenvalue weighted by atomic mass is 10.1. The molecule has 0 bridgehead atoms. The molecule has 2 aromatic carbocycles. The van der Waals surface area contributed by atoms with Gasteiger partial charge in [-0.05, 0) is 96.3 Å². The molecule has 2 aromatic rings. The molecule has 0 atom stereocenters. The van der Waals surface area contributed by atoms with Crippen molar-refractivity contribution in [3.63, 3.8) is 0 Å². The van der Waals surface area contributed by atoms with Crippen LogP contribution in [0.5, 0.6) is 0 Å². The highest BCUT2D eigenvalue weighted by atomic mass is 127. The summed E-state index contributed by atoms with van der Waals surface area (Å²) in [6.45, 7) is 6.68. The van der Waals surface area contributed by atoms with Crippen LogP contribution in [0.2, 0.25) is 0 Å². The average molecular weight is 404 g/mol. The predicted octanol–water partition coefficient (Wildman–Crippen LogP) is 5.26. The molecule has 0 amide bonds. The van der Waals surface area contributed by atoms with Crippen LogP contribution in [0.1, 0.15) is 29.5 Å². The van der Waals surface area contributed by atoms with Crippen LogP contribution in [-0.4, -0.2) is 19.3 Å². The molecule has 1 aliphatic rings. The highest BCUT2D eigenvalue weighted by molar-refractivity contribution is 14.1. The molecule has 0 N–H and O–H groups in total. The van der Waals surface area contributed by atoms with E-state index in [2.05, 4.69) is 82.7 Å². The lowest BCUT2D eigenvalue weighted by Gasteiger charge is -2.20. The van der Waals surface area contributed by atoms with Gasteiger partial charge in [-0.2, -0.15) is 0 Å². The number of hydrogen-bond acceptors (Lipinski definition) is 2. The van der Waals surface area contributed by atoms with Crippen molar-refractivity contribution in [1.29, 1.82) is 0 Å². The third-order valence-electron chi connectivity index (χ3n) is 4.18. The fourth-order valence-electron chi connectivity index (χ4n) is 2.98. The zero-order valence-electron chi connectivity index (χ0n) is 13.1. The molecular weight excluding hydrogens is 383 g/mol. The first kappa shape index (κ1) is 15.5. The van der Waals surface area contributed by atoms with Crippen molar-refractivity contribution in [2.45, 2.75) is 26.7 Å². The minimum Gasteiger partial charge on any atom is -0.371 e. The number of rotatable bonds is 3. The van der Waals surface area contributed by atoms with Crippen LogP contribution in [-0.2, 0) is 0 Å². The van der Waals surface area contributed by atoms with Crippen LogP contribution in [0.3, 0.4) is 0 Å². The molecule has 0 aromatic heterocycles. The van der Waals surface area contributed by atoms with E-state index >= 15 is 0 Å². The molecular formula is C19H21IN2. The predicted molar refractivity (Wildman–Crippen MR) is 104 cm³/mol. The molecule has 2 nitrogen and oxygen atoms in total. The first-order valence-electron chi connectivity index (χ1n) is 7.79. The first-order chi connectivity index (χ1) is 10.6. The Bertz CT molecular complexity index is 701. The molecule has 0 spiro atoms. The Balaban J connectivity index is 1.80. The lowest BCUT2D eigenvalue weighted by Crippen LogP contribution is -2.18. The topological polar surface area (TPSA) is 15.6 Å². The summed E-state index contributed by atoms with van der Waals surface area (Å²) in [4.78, 5) is 7.13. The molecule has 0 unspecified atom stereocenters. The van der Waals surface area contributed by atoms with E-state index < -0.39 is 0 Å². The van der Waals surface area contributed by atoms with E-state index in [-0.39, 0.29) is 0 Å². The van der Waals surface area contributed by atoms with Crippen molar-refractivity contribution < 1.29 is 0 Å². The first-order valence-corrected chi connectivity index (χ1v) is 8.87. The lowest BCUT2D eigenvalue weighted by molar-refractivity contribution is 0.949. The average Bonchev–Trinajstić information content (AvgIpc) is 3.00. The number of aliphatic imine (C=N–C) groups is 1. The van der Waals surface area contributed by atoms with Gasteiger partial charge in [0.1, 0.15) is 0 Å². The number of benzene rings is 2. The molecule has 22 heavy (non-hydrogen) atoms. The molecule has 1 fully saturated rings. The number of hydrogen-bond donors (Lipinski definition) is 0. The number of aryl methyl sites for hydroxylation is 2. The maximum absolute atomic E-state index is 4.64. The van der Waals surface area contributed by atoms with Gasteiger partial charge in [-0.1, -0.05) is 6.07 Å². The summed E-state index contributed by atoms with van der Waals surface area (Å²) in [5.41, 5.74) is 6.14. The third kappa shape index (κ3) is 3.51. The van der Waals surface area contributed by atoms with Crippen molar-refractivity contribution in [3.8, 4) is 0 Å². The standard InChI is InChI=1S/C19H21IN2/c1-14-12-17(20)6-7-18(14)21-13-16-5-8-19(15(2)11-16)22-9-3-4-10-22/h5-8,11-13H,3-4,9-10H2,1-2H3. The van der Waals surface area contributed by atoms with Gasteiger partial charge >= 0.3 is 0 Å². The van der Waals surface area contributed by atoms with Crippen LogP contribution >= 0.6 is 22.6 Å². The maximum Gasteiger partial charge on any atom is 0.0659 e. The Hall–Kier alpha value is -1.36. The van der Waals surface area contributed by atoms with Gasteiger partial charge in [0.05, 0.1) is 5.69 Å². The van der Waals surface area contributed by atoms with Crippen molar-refractivity contribution in [3.05, 3.63) is 56.7 Å². The second-order valence-electron chi connectivity index (χ2n) is 5.93. The van der Waals surface area contributed by atoms with E-state index in [1.807, 2.05) is 6.21 Å². The highest BCUT2D eigenvalue weighted by Crippen LogP contribution is 2.25. The van der Waals surface area contributed by atoms with E-state index in [9.17, 15) is 0 Å². The van der Waals surface area contributed by atoms with Gasteiger partial charge in [-0.3, -0.25) is 4.99 Å². The maximum atomic E-state index is 4.64. The summed E-state index contributed by atoms with van der Waals surface area (Å²) in [5.74, 6) is 0. The Morgan fingerprint density at radius 2 is 1.77 bits per heavy atom. The summed E-state index contributed by atoms with van der Waals surface area (Å²) in [5, 5.41) is 0. The highest BCUT2D eigenvalue weighted by Gasteiger charge is 2.13. The molecule has 3 rings (SSSR count). The van der Waals surface area contributed by atoms with Crippen molar-refractivity contribution in [1.82, 2.24) is 0 Å². The third-order valence-corrected chi connectivity index (χ3v) is 4.85. The molecule has 1 aliphatic heterocycles. The smallest absolute Gasteiger partial charge is 0.0659 e. The zero-order chi connectivity index (χ0) is 15.5. The minimum absolute atomic E-state index is 1.04.